The minimum absolute atomic E-state index is 0.0295. The lowest BCUT2D eigenvalue weighted by Gasteiger charge is -2.31. The maximum Gasteiger partial charge on any atom is 0.228 e. The van der Waals surface area contributed by atoms with E-state index in [1.54, 1.807) is 11.0 Å². The number of hydrogen-bond donors (Lipinski definition) is 1. The van der Waals surface area contributed by atoms with Crippen molar-refractivity contribution >= 4 is 23.2 Å². The lowest BCUT2D eigenvalue weighted by atomic mass is 9.94. The van der Waals surface area contributed by atoms with Crippen LogP contribution in [0.5, 0.6) is 0 Å². The molecule has 0 radical (unpaired) electrons. The van der Waals surface area contributed by atoms with Gasteiger partial charge in [0.25, 0.3) is 0 Å². The molecule has 0 fully saturated rings. The van der Waals surface area contributed by atoms with E-state index in [-0.39, 0.29) is 23.5 Å². The van der Waals surface area contributed by atoms with Crippen LogP contribution >= 0.6 is 0 Å². The van der Waals surface area contributed by atoms with Crippen LogP contribution in [0.4, 0.5) is 15.8 Å². The number of benzene rings is 2. The van der Waals surface area contributed by atoms with E-state index in [9.17, 15) is 14.0 Å². The molecule has 0 aromatic heterocycles. The number of amides is 2. The van der Waals surface area contributed by atoms with E-state index >= 15 is 0 Å². The van der Waals surface area contributed by atoms with Crippen LogP contribution in [0, 0.1) is 17.2 Å². The van der Waals surface area contributed by atoms with Gasteiger partial charge in [-0.2, -0.15) is 0 Å². The number of rotatable bonds is 7. The average molecular weight is 428 g/mol. The number of hydrogen-bond acceptors (Lipinski definition) is 3. The van der Waals surface area contributed by atoms with E-state index in [1.807, 2.05) is 77.9 Å². The monoisotopic (exact) mass is 427 g/mol. The van der Waals surface area contributed by atoms with Crippen molar-refractivity contribution in [1.29, 1.82) is 0 Å². The van der Waals surface area contributed by atoms with Crippen molar-refractivity contribution in [3.63, 3.8) is 0 Å². The topological polar surface area (TPSA) is 52.7 Å². The zero-order chi connectivity index (χ0) is 23.3. The zero-order valence-electron chi connectivity index (χ0n) is 19.6. The maximum absolute atomic E-state index is 13.7. The van der Waals surface area contributed by atoms with Gasteiger partial charge in [-0.25, -0.2) is 4.39 Å². The highest BCUT2D eigenvalue weighted by molar-refractivity contribution is 5.92. The second-order valence-electron chi connectivity index (χ2n) is 9.42. The standard InChI is InChI=1S/C25H34FN3O2/c1-17(2)23(30)27-21-11-12-22(28(6)7)19(14-21)16-29(24(31)25(3,4)5)15-18-9-8-10-20(26)13-18/h8-14,17H,15-16H2,1-7H3,(H,27,30). The first-order chi connectivity index (χ1) is 14.4. The molecular formula is C25H34FN3O2. The first-order valence-electron chi connectivity index (χ1n) is 10.5. The van der Waals surface area contributed by atoms with Crippen LogP contribution in [0.15, 0.2) is 42.5 Å². The minimum atomic E-state index is -0.588. The fraction of sp³-hybridized carbons (Fsp3) is 0.440. The van der Waals surface area contributed by atoms with Crippen molar-refractivity contribution < 1.29 is 14.0 Å². The van der Waals surface area contributed by atoms with Crippen LogP contribution in [-0.4, -0.2) is 30.8 Å². The number of nitrogens with one attached hydrogen (secondary N) is 1. The Morgan fingerprint density at radius 2 is 1.71 bits per heavy atom. The van der Waals surface area contributed by atoms with Gasteiger partial charge in [0.1, 0.15) is 5.82 Å². The number of nitrogens with zero attached hydrogens (tertiary/aromatic N) is 2. The summed E-state index contributed by atoms with van der Waals surface area (Å²) in [5, 5.41) is 2.93. The Balaban J connectivity index is 2.43. The van der Waals surface area contributed by atoms with E-state index in [1.165, 1.54) is 12.1 Å². The molecule has 0 aliphatic heterocycles. The van der Waals surface area contributed by atoms with E-state index in [2.05, 4.69) is 5.32 Å². The molecule has 2 rings (SSSR count). The molecule has 0 aliphatic rings. The van der Waals surface area contributed by atoms with Crippen LogP contribution in [-0.2, 0) is 22.7 Å². The molecule has 0 saturated carbocycles. The maximum atomic E-state index is 13.7. The Bertz CT molecular complexity index is 933. The molecule has 2 aromatic carbocycles. The van der Waals surface area contributed by atoms with Crippen molar-refractivity contribution in [3.8, 4) is 0 Å². The lowest BCUT2D eigenvalue weighted by molar-refractivity contribution is -0.140. The van der Waals surface area contributed by atoms with E-state index < -0.39 is 5.41 Å². The van der Waals surface area contributed by atoms with Crippen molar-refractivity contribution in [2.24, 2.45) is 11.3 Å². The highest BCUT2D eigenvalue weighted by atomic mass is 19.1. The van der Waals surface area contributed by atoms with Gasteiger partial charge in [-0.15, -0.1) is 0 Å². The largest absolute Gasteiger partial charge is 0.377 e. The number of carbonyl (C=O) groups excluding carboxylic acids is 2. The van der Waals surface area contributed by atoms with Crippen LogP contribution in [0.2, 0.25) is 0 Å². The quantitative estimate of drug-likeness (QED) is 0.672. The molecule has 0 atom stereocenters. The molecule has 168 valence electrons. The molecule has 2 amide bonds. The molecule has 5 nitrogen and oxygen atoms in total. The van der Waals surface area contributed by atoms with Gasteiger partial charge in [0.15, 0.2) is 0 Å². The molecule has 0 unspecified atom stereocenters. The highest BCUT2D eigenvalue weighted by Gasteiger charge is 2.28. The summed E-state index contributed by atoms with van der Waals surface area (Å²) in [4.78, 5) is 29.1. The molecule has 2 aromatic rings. The van der Waals surface area contributed by atoms with Gasteiger partial charge in [0, 0.05) is 49.9 Å². The van der Waals surface area contributed by atoms with Crippen molar-refractivity contribution in [2.75, 3.05) is 24.3 Å². The summed E-state index contributed by atoms with van der Waals surface area (Å²) in [6, 6.07) is 12.0. The Morgan fingerprint density at radius 1 is 1.03 bits per heavy atom. The lowest BCUT2D eigenvalue weighted by Crippen LogP contribution is -2.39. The van der Waals surface area contributed by atoms with Gasteiger partial charge < -0.3 is 15.1 Å². The third-order valence-electron chi connectivity index (χ3n) is 4.91. The highest BCUT2D eigenvalue weighted by Crippen LogP contribution is 2.28. The first kappa shape index (κ1) is 24.4. The third-order valence-corrected chi connectivity index (χ3v) is 4.91. The fourth-order valence-corrected chi connectivity index (χ4v) is 3.25. The average Bonchev–Trinajstić information content (AvgIpc) is 2.66. The van der Waals surface area contributed by atoms with Gasteiger partial charge in [-0.1, -0.05) is 46.8 Å². The van der Waals surface area contributed by atoms with E-state index in [0.29, 0.717) is 18.8 Å². The van der Waals surface area contributed by atoms with Crippen LogP contribution in [0.3, 0.4) is 0 Å². The van der Waals surface area contributed by atoms with Gasteiger partial charge in [-0.05, 0) is 41.5 Å². The van der Waals surface area contributed by atoms with Crippen molar-refractivity contribution in [3.05, 3.63) is 59.4 Å². The van der Waals surface area contributed by atoms with Gasteiger partial charge in [0.05, 0.1) is 0 Å². The van der Waals surface area contributed by atoms with E-state index in [0.717, 1.165) is 16.8 Å². The molecule has 0 saturated heterocycles. The SMILES string of the molecule is CC(C)C(=O)Nc1ccc(N(C)C)c(CN(Cc2cccc(F)c2)C(=O)C(C)(C)C)c1. The Kier molecular flexibility index (Phi) is 7.82. The van der Waals surface area contributed by atoms with Gasteiger partial charge in [-0.3, -0.25) is 9.59 Å². The molecule has 0 spiro atoms. The van der Waals surface area contributed by atoms with Gasteiger partial charge in [0.2, 0.25) is 11.8 Å². The number of carbonyl (C=O) groups is 2. The van der Waals surface area contributed by atoms with Crippen LogP contribution < -0.4 is 10.2 Å². The second-order valence-corrected chi connectivity index (χ2v) is 9.42. The zero-order valence-corrected chi connectivity index (χ0v) is 19.6. The predicted octanol–water partition coefficient (Wildman–Crippen LogP) is 5.06. The van der Waals surface area contributed by atoms with E-state index in [4.69, 9.17) is 0 Å². The van der Waals surface area contributed by atoms with Crippen LogP contribution in [0.1, 0.15) is 45.7 Å². The predicted molar refractivity (Wildman–Crippen MR) is 124 cm³/mol. The normalized spacial score (nSPS) is 11.4. The minimum Gasteiger partial charge on any atom is -0.377 e. The fourth-order valence-electron chi connectivity index (χ4n) is 3.25. The molecule has 0 bridgehead atoms. The number of anilines is 2. The van der Waals surface area contributed by atoms with Gasteiger partial charge >= 0.3 is 0 Å². The molecule has 6 heteroatoms. The molecule has 31 heavy (non-hydrogen) atoms. The molecule has 0 aliphatic carbocycles. The summed E-state index contributed by atoms with van der Waals surface area (Å²) >= 11 is 0. The molecular weight excluding hydrogens is 393 g/mol. The Morgan fingerprint density at radius 3 is 2.26 bits per heavy atom. The Hall–Kier alpha value is -2.89. The smallest absolute Gasteiger partial charge is 0.228 e. The van der Waals surface area contributed by atoms with Crippen molar-refractivity contribution in [2.45, 2.75) is 47.7 Å². The summed E-state index contributed by atoms with van der Waals surface area (Å²) in [7, 11) is 3.88. The number of halogens is 1. The summed E-state index contributed by atoms with van der Waals surface area (Å²) in [5.74, 6) is -0.555. The second kappa shape index (κ2) is 9.94. The summed E-state index contributed by atoms with van der Waals surface area (Å²) in [5.41, 5.74) is 2.69. The first-order valence-corrected chi connectivity index (χ1v) is 10.5. The van der Waals surface area contributed by atoms with Crippen LogP contribution in [0.25, 0.3) is 0 Å². The molecule has 1 N–H and O–H groups in total. The summed E-state index contributed by atoms with van der Waals surface area (Å²) in [6.07, 6.45) is 0. The Labute approximate surface area is 185 Å². The summed E-state index contributed by atoms with van der Waals surface area (Å²) in [6.45, 7) is 9.94. The molecule has 0 heterocycles. The summed E-state index contributed by atoms with van der Waals surface area (Å²) < 4.78 is 13.7. The third kappa shape index (κ3) is 6.81. The van der Waals surface area contributed by atoms with Crippen molar-refractivity contribution in [1.82, 2.24) is 4.90 Å².